The number of hydrogen-bond acceptors (Lipinski definition) is 3. The number of benzene rings is 2. The number of aryl methyl sites for hydroxylation is 3. The van der Waals surface area contributed by atoms with Gasteiger partial charge in [-0.15, -0.1) is 0 Å². The second-order valence-electron chi connectivity index (χ2n) is 6.33. The van der Waals surface area contributed by atoms with E-state index in [2.05, 4.69) is 22.2 Å². The molecule has 2 rings (SSSR count). The summed E-state index contributed by atoms with van der Waals surface area (Å²) in [7, 11) is -3.59. The first kappa shape index (κ1) is 20.1. The van der Waals surface area contributed by atoms with Crippen LogP contribution in [0.1, 0.15) is 29.5 Å². The van der Waals surface area contributed by atoms with Crippen LogP contribution >= 0.6 is 0 Å². The molecule has 140 valence electrons. The summed E-state index contributed by atoms with van der Waals surface area (Å²) in [5.74, 6) is -0.152. The highest BCUT2D eigenvalue weighted by atomic mass is 32.2. The quantitative estimate of drug-likeness (QED) is 0.663. The molecule has 0 spiro atoms. The van der Waals surface area contributed by atoms with Gasteiger partial charge in [0.25, 0.3) is 0 Å². The highest BCUT2D eigenvalue weighted by molar-refractivity contribution is 7.89. The molecule has 2 aromatic rings. The highest BCUT2D eigenvalue weighted by Crippen LogP contribution is 2.14. The van der Waals surface area contributed by atoms with Gasteiger partial charge < -0.3 is 5.32 Å². The standard InChI is InChI=1S/C20H26N2O3S/c1-16-10-11-19(15-17(16)2)26(24,25)22-14-12-20(23)21-13-6-9-18-7-4-3-5-8-18/h3-5,7-8,10-11,15,22H,6,9,12-14H2,1-2H3,(H,21,23). The molecule has 0 unspecified atom stereocenters. The fourth-order valence-electron chi connectivity index (χ4n) is 2.52. The fourth-order valence-corrected chi connectivity index (χ4v) is 3.63. The van der Waals surface area contributed by atoms with Gasteiger partial charge in [-0.05, 0) is 55.5 Å². The number of sulfonamides is 1. The monoisotopic (exact) mass is 374 g/mol. The predicted molar refractivity (Wildman–Crippen MR) is 103 cm³/mol. The topological polar surface area (TPSA) is 75.3 Å². The molecule has 0 radical (unpaired) electrons. The zero-order chi connectivity index (χ0) is 19.0. The van der Waals surface area contributed by atoms with Crippen molar-refractivity contribution in [1.82, 2.24) is 10.0 Å². The van der Waals surface area contributed by atoms with Crippen LogP contribution in [0, 0.1) is 13.8 Å². The maximum absolute atomic E-state index is 12.3. The van der Waals surface area contributed by atoms with E-state index in [0.717, 1.165) is 24.0 Å². The molecule has 2 aromatic carbocycles. The van der Waals surface area contributed by atoms with Gasteiger partial charge in [0.1, 0.15) is 0 Å². The van der Waals surface area contributed by atoms with Crippen LogP contribution in [0.5, 0.6) is 0 Å². The zero-order valence-electron chi connectivity index (χ0n) is 15.3. The molecule has 0 aromatic heterocycles. The number of carbonyl (C=O) groups excluding carboxylic acids is 1. The Balaban J connectivity index is 1.69. The molecule has 6 heteroatoms. The maximum atomic E-state index is 12.3. The minimum Gasteiger partial charge on any atom is -0.356 e. The maximum Gasteiger partial charge on any atom is 0.240 e. The molecular formula is C20H26N2O3S. The van der Waals surface area contributed by atoms with Crippen LogP contribution in [0.3, 0.4) is 0 Å². The number of nitrogens with one attached hydrogen (secondary N) is 2. The van der Waals surface area contributed by atoms with E-state index >= 15 is 0 Å². The van der Waals surface area contributed by atoms with E-state index in [1.54, 1.807) is 18.2 Å². The first-order valence-corrected chi connectivity index (χ1v) is 10.2. The van der Waals surface area contributed by atoms with Crippen LogP contribution < -0.4 is 10.0 Å². The van der Waals surface area contributed by atoms with Crippen molar-refractivity contribution in [2.24, 2.45) is 0 Å². The summed E-state index contributed by atoms with van der Waals surface area (Å²) < 4.78 is 27.0. The van der Waals surface area contributed by atoms with Gasteiger partial charge in [0.15, 0.2) is 0 Å². The van der Waals surface area contributed by atoms with Gasteiger partial charge in [-0.1, -0.05) is 36.4 Å². The second-order valence-corrected chi connectivity index (χ2v) is 8.10. The first-order chi connectivity index (χ1) is 12.4. The number of amides is 1. The van der Waals surface area contributed by atoms with Gasteiger partial charge in [0.05, 0.1) is 4.90 Å². The molecule has 5 nitrogen and oxygen atoms in total. The van der Waals surface area contributed by atoms with Crippen molar-refractivity contribution in [2.75, 3.05) is 13.1 Å². The van der Waals surface area contributed by atoms with Gasteiger partial charge in [0, 0.05) is 19.5 Å². The van der Waals surface area contributed by atoms with Crippen molar-refractivity contribution in [1.29, 1.82) is 0 Å². The van der Waals surface area contributed by atoms with E-state index in [9.17, 15) is 13.2 Å². The summed E-state index contributed by atoms with van der Waals surface area (Å²) in [6.07, 6.45) is 1.88. The normalized spacial score (nSPS) is 11.3. The van der Waals surface area contributed by atoms with Gasteiger partial charge in [-0.2, -0.15) is 0 Å². The van der Waals surface area contributed by atoms with Crippen LogP contribution in [0.15, 0.2) is 53.4 Å². The third kappa shape index (κ3) is 6.28. The summed E-state index contributed by atoms with van der Waals surface area (Å²) in [6.45, 7) is 4.47. The van der Waals surface area contributed by atoms with Crippen LogP contribution in [0.25, 0.3) is 0 Å². The molecular weight excluding hydrogens is 348 g/mol. The lowest BCUT2D eigenvalue weighted by molar-refractivity contribution is -0.120. The van der Waals surface area contributed by atoms with Gasteiger partial charge in [-0.3, -0.25) is 4.79 Å². The Hall–Kier alpha value is -2.18. The molecule has 0 atom stereocenters. The average molecular weight is 375 g/mol. The number of carbonyl (C=O) groups is 1. The first-order valence-electron chi connectivity index (χ1n) is 8.76. The highest BCUT2D eigenvalue weighted by Gasteiger charge is 2.14. The minimum atomic E-state index is -3.59. The lowest BCUT2D eigenvalue weighted by Crippen LogP contribution is -2.31. The van der Waals surface area contributed by atoms with Crippen LogP contribution in [-0.2, 0) is 21.2 Å². The average Bonchev–Trinajstić information content (AvgIpc) is 2.62. The summed E-state index contributed by atoms with van der Waals surface area (Å²) in [5.41, 5.74) is 3.20. The number of rotatable bonds is 9. The molecule has 0 bridgehead atoms. The lowest BCUT2D eigenvalue weighted by atomic mass is 10.1. The third-order valence-corrected chi connectivity index (χ3v) is 5.70. The Morgan fingerprint density at radius 3 is 2.38 bits per heavy atom. The lowest BCUT2D eigenvalue weighted by Gasteiger charge is -2.09. The van der Waals surface area contributed by atoms with Crippen molar-refractivity contribution in [3.05, 3.63) is 65.2 Å². The van der Waals surface area contributed by atoms with E-state index in [1.165, 1.54) is 5.56 Å². The van der Waals surface area contributed by atoms with E-state index in [1.807, 2.05) is 32.0 Å². The van der Waals surface area contributed by atoms with Crippen LogP contribution in [0.4, 0.5) is 0 Å². The summed E-state index contributed by atoms with van der Waals surface area (Å²) in [5, 5.41) is 2.82. The summed E-state index contributed by atoms with van der Waals surface area (Å²) in [6, 6.07) is 15.1. The van der Waals surface area contributed by atoms with Crippen molar-refractivity contribution < 1.29 is 13.2 Å². The van der Waals surface area contributed by atoms with Gasteiger partial charge in [0.2, 0.25) is 15.9 Å². The Labute approximate surface area is 155 Å². The molecule has 0 aliphatic carbocycles. The van der Waals surface area contributed by atoms with Crippen molar-refractivity contribution in [3.63, 3.8) is 0 Å². The Morgan fingerprint density at radius 1 is 0.962 bits per heavy atom. The van der Waals surface area contributed by atoms with Gasteiger partial charge in [-0.25, -0.2) is 13.1 Å². The minimum absolute atomic E-state index is 0.0831. The molecule has 0 saturated carbocycles. The van der Waals surface area contributed by atoms with Crippen molar-refractivity contribution in [2.45, 2.75) is 38.0 Å². The molecule has 0 aliphatic rings. The fraction of sp³-hybridized carbons (Fsp3) is 0.350. The van der Waals surface area contributed by atoms with Crippen LogP contribution in [-0.4, -0.2) is 27.4 Å². The Kier molecular flexibility index (Phi) is 7.36. The molecule has 0 fully saturated rings. The van der Waals surface area contributed by atoms with Crippen molar-refractivity contribution >= 4 is 15.9 Å². The predicted octanol–water partition coefficient (Wildman–Crippen LogP) is 2.72. The molecule has 26 heavy (non-hydrogen) atoms. The molecule has 1 amide bonds. The summed E-state index contributed by atoms with van der Waals surface area (Å²) >= 11 is 0. The van der Waals surface area contributed by atoms with Crippen molar-refractivity contribution in [3.8, 4) is 0 Å². The summed E-state index contributed by atoms with van der Waals surface area (Å²) in [4.78, 5) is 12.1. The van der Waals surface area contributed by atoms with E-state index < -0.39 is 10.0 Å². The van der Waals surface area contributed by atoms with E-state index in [0.29, 0.717) is 6.54 Å². The smallest absolute Gasteiger partial charge is 0.240 e. The largest absolute Gasteiger partial charge is 0.356 e. The number of hydrogen-bond donors (Lipinski definition) is 2. The third-order valence-electron chi connectivity index (χ3n) is 4.24. The Morgan fingerprint density at radius 2 is 1.69 bits per heavy atom. The molecule has 2 N–H and O–H groups in total. The van der Waals surface area contributed by atoms with Crippen LogP contribution in [0.2, 0.25) is 0 Å². The van der Waals surface area contributed by atoms with E-state index in [4.69, 9.17) is 0 Å². The molecule has 0 saturated heterocycles. The van der Waals surface area contributed by atoms with Gasteiger partial charge >= 0.3 is 0 Å². The molecule has 0 aliphatic heterocycles. The Bertz CT molecular complexity index is 833. The zero-order valence-corrected chi connectivity index (χ0v) is 16.1. The van der Waals surface area contributed by atoms with E-state index in [-0.39, 0.29) is 23.8 Å². The SMILES string of the molecule is Cc1ccc(S(=O)(=O)NCCC(=O)NCCCc2ccccc2)cc1C. The molecule has 0 heterocycles. The second kappa shape index (κ2) is 9.50.